The highest BCUT2D eigenvalue weighted by molar-refractivity contribution is 5.76. The molecule has 0 aromatic heterocycles. The third-order valence-electron chi connectivity index (χ3n) is 1.84. The molecule has 3 heteroatoms. The van der Waals surface area contributed by atoms with Crippen LogP contribution in [0, 0.1) is 5.92 Å². The number of carbonyl (C=O) groups excluding carboxylic acids is 2. The van der Waals surface area contributed by atoms with Crippen molar-refractivity contribution in [2.24, 2.45) is 5.92 Å². The van der Waals surface area contributed by atoms with Crippen molar-refractivity contribution >= 4 is 11.9 Å². The zero-order chi connectivity index (χ0) is 8.97. The Hall–Kier alpha value is -1.08. The van der Waals surface area contributed by atoms with Gasteiger partial charge in [-0.3, -0.25) is 4.79 Å². The maximum absolute atomic E-state index is 10.9. The van der Waals surface area contributed by atoms with E-state index in [2.05, 4.69) is 0 Å². The Bertz CT molecular complexity index is 222. The minimum Gasteiger partial charge on any atom is -0.466 e. The number of carbonyl (C=O) groups is 1. The zero-order valence-electron chi connectivity index (χ0n) is 7.13. The summed E-state index contributed by atoms with van der Waals surface area (Å²) in [6.07, 6.45) is 2.16. The van der Waals surface area contributed by atoms with Crippen LogP contribution in [0.15, 0.2) is 5.57 Å². The first-order valence-corrected chi connectivity index (χ1v) is 4.17. The lowest BCUT2D eigenvalue weighted by Crippen LogP contribution is -2.06. The minimum absolute atomic E-state index is 0.127. The van der Waals surface area contributed by atoms with E-state index in [4.69, 9.17) is 4.74 Å². The van der Waals surface area contributed by atoms with Gasteiger partial charge in [-0.15, -0.1) is 0 Å². The first kappa shape index (κ1) is 9.01. The number of rotatable bonds is 4. The van der Waals surface area contributed by atoms with Crippen LogP contribution in [0.4, 0.5) is 0 Å². The van der Waals surface area contributed by atoms with Gasteiger partial charge in [0, 0.05) is 5.57 Å². The topological polar surface area (TPSA) is 43.4 Å². The van der Waals surface area contributed by atoms with Gasteiger partial charge in [-0.2, -0.15) is 0 Å². The van der Waals surface area contributed by atoms with E-state index < -0.39 is 0 Å². The molecule has 0 spiro atoms. The van der Waals surface area contributed by atoms with Crippen LogP contribution >= 0.6 is 0 Å². The summed E-state index contributed by atoms with van der Waals surface area (Å²) in [5.74, 6) is 1.81. The van der Waals surface area contributed by atoms with Gasteiger partial charge < -0.3 is 4.74 Å². The van der Waals surface area contributed by atoms with Gasteiger partial charge in [0.1, 0.15) is 5.94 Å². The third-order valence-corrected chi connectivity index (χ3v) is 1.84. The summed E-state index contributed by atoms with van der Waals surface area (Å²) >= 11 is 0. The van der Waals surface area contributed by atoms with Crippen LogP contribution in [0.25, 0.3) is 0 Å². The molecule has 0 atom stereocenters. The highest BCUT2D eigenvalue weighted by Gasteiger charge is 2.28. The molecular formula is C9H12O3. The normalized spacial score (nSPS) is 15.1. The Morgan fingerprint density at radius 1 is 1.58 bits per heavy atom. The molecule has 0 heterocycles. The predicted molar refractivity (Wildman–Crippen MR) is 43.2 cm³/mol. The summed E-state index contributed by atoms with van der Waals surface area (Å²) in [5, 5.41) is 0. The Morgan fingerprint density at radius 3 is 2.67 bits per heavy atom. The summed E-state index contributed by atoms with van der Waals surface area (Å²) in [7, 11) is 0. The molecule has 0 aromatic carbocycles. The van der Waals surface area contributed by atoms with Crippen LogP contribution in [-0.2, 0) is 14.3 Å². The lowest BCUT2D eigenvalue weighted by atomic mass is 10.1. The van der Waals surface area contributed by atoms with Crippen LogP contribution in [0.3, 0.4) is 0 Å². The molecule has 1 fully saturated rings. The molecule has 0 saturated heterocycles. The summed E-state index contributed by atoms with van der Waals surface area (Å²) in [4.78, 5) is 21.3. The number of hydrogen-bond donors (Lipinski definition) is 0. The van der Waals surface area contributed by atoms with Gasteiger partial charge in [0.05, 0.1) is 13.0 Å². The van der Waals surface area contributed by atoms with Gasteiger partial charge in [0.2, 0.25) is 0 Å². The van der Waals surface area contributed by atoms with Crippen molar-refractivity contribution in [1.29, 1.82) is 0 Å². The second-order valence-electron chi connectivity index (χ2n) is 2.88. The van der Waals surface area contributed by atoms with Gasteiger partial charge >= 0.3 is 5.97 Å². The van der Waals surface area contributed by atoms with Crippen molar-refractivity contribution < 1.29 is 14.3 Å². The van der Waals surface area contributed by atoms with Gasteiger partial charge in [-0.25, -0.2) is 4.79 Å². The van der Waals surface area contributed by atoms with E-state index in [0.717, 1.165) is 12.8 Å². The Balaban J connectivity index is 2.37. The second-order valence-corrected chi connectivity index (χ2v) is 2.88. The van der Waals surface area contributed by atoms with Crippen molar-refractivity contribution in [2.45, 2.75) is 26.2 Å². The molecule has 0 amide bonds. The number of hydrogen-bond acceptors (Lipinski definition) is 3. The van der Waals surface area contributed by atoms with Gasteiger partial charge in [0.15, 0.2) is 0 Å². The monoisotopic (exact) mass is 168 g/mol. The average Bonchev–Trinajstić information content (AvgIpc) is 2.83. The molecule has 1 saturated carbocycles. The fourth-order valence-electron chi connectivity index (χ4n) is 1.06. The summed E-state index contributed by atoms with van der Waals surface area (Å²) in [6.45, 7) is 2.12. The summed E-state index contributed by atoms with van der Waals surface area (Å²) in [6, 6.07) is 0. The van der Waals surface area contributed by atoms with Crippen molar-refractivity contribution in [3.63, 3.8) is 0 Å². The first-order valence-electron chi connectivity index (χ1n) is 4.17. The van der Waals surface area contributed by atoms with E-state index in [-0.39, 0.29) is 12.4 Å². The average molecular weight is 168 g/mol. The third kappa shape index (κ3) is 2.51. The van der Waals surface area contributed by atoms with E-state index in [1.807, 2.05) is 5.94 Å². The van der Waals surface area contributed by atoms with E-state index in [1.165, 1.54) is 0 Å². The maximum atomic E-state index is 10.9. The standard InChI is InChI=1S/C9H12O3/c1-2-12-9(11)5-8(6-10)7-3-4-7/h7H,2-5H2,1H3. The molecule has 0 aromatic rings. The SMILES string of the molecule is CCOC(=O)CC(=C=O)C1CC1. The van der Waals surface area contributed by atoms with Crippen LogP contribution in [0.1, 0.15) is 26.2 Å². The molecular weight excluding hydrogens is 156 g/mol. The minimum atomic E-state index is -0.317. The Morgan fingerprint density at radius 2 is 2.25 bits per heavy atom. The van der Waals surface area contributed by atoms with Crippen LogP contribution < -0.4 is 0 Å². The highest BCUT2D eigenvalue weighted by atomic mass is 16.5. The highest BCUT2D eigenvalue weighted by Crippen LogP contribution is 2.36. The van der Waals surface area contributed by atoms with Gasteiger partial charge in [-0.1, -0.05) is 0 Å². The maximum Gasteiger partial charge on any atom is 0.310 e. The van der Waals surface area contributed by atoms with E-state index in [0.29, 0.717) is 18.1 Å². The van der Waals surface area contributed by atoms with Crippen LogP contribution in [0.2, 0.25) is 0 Å². The van der Waals surface area contributed by atoms with Crippen LogP contribution in [0.5, 0.6) is 0 Å². The van der Waals surface area contributed by atoms with Gasteiger partial charge in [-0.05, 0) is 25.7 Å². The Kier molecular flexibility index (Phi) is 3.06. The molecule has 0 unspecified atom stereocenters. The van der Waals surface area contributed by atoms with Crippen molar-refractivity contribution in [1.82, 2.24) is 0 Å². The molecule has 0 aliphatic heterocycles. The fraction of sp³-hybridized carbons (Fsp3) is 0.667. The van der Waals surface area contributed by atoms with E-state index >= 15 is 0 Å². The first-order chi connectivity index (χ1) is 5.77. The predicted octanol–water partition coefficient (Wildman–Crippen LogP) is 1.11. The number of ether oxygens (including phenoxy) is 1. The molecule has 12 heavy (non-hydrogen) atoms. The second kappa shape index (κ2) is 4.07. The molecule has 3 nitrogen and oxygen atoms in total. The molecule has 0 radical (unpaired) electrons. The molecule has 0 bridgehead atoms. The molecule has 1 aliphatic carbocycles. The molecule has 66 valence electrons. The summed E-state index contributed by atoms with van der Waals surface area (Å²) in [5.41, 5.74) is 0.577. The van der Waals surface area contributed by atoms with Crippen molar-refractivity contribution in [3.8, 4) is 0 Å². The number of esters is 1. The summed E-state index contributed by atoms with van der Waals surface area (Å²) < 4.78 is 4.71. The molecule has 0 N–H and O–H groups in total. The largest absolute Gasteiger partial charge is 0.466 e. The van der Waals surface area contributed by atoms with Crippen LogP contribution in [-0.4, -0.2) is 18.5 Å². The van der Waals surface area contributed by atoms with E-state index in [1.54, 1.807) is 6.92 Å². The lowest BCUT2D eigenvalue weighted by molar-refractivity contribution is -0.142. The Labute approximate surface area is 71.4 Å². The van der Waals surface area contributed by atoms with E-state index in [9.17, 15) is 9.59 Å². The molecule has 1 rings (SSSR count). The molecule has 1 aliphatic rings. The van der Waals surface area contributed by atoms with Crippen molar-refractivity contribution in [3.05, 3.63) is 5.57 Å². The fourth-order valence-corrected chi connectivity index (χ4v) is 1.06. The lowest BCUT2D eigenvalue weighted by Gasteiger charge is -2.00. The smallest absolute Gasteiger partial charge is 0.310 e. The van der Waals surface area contributed by atoms with Gasteiger partial charge in [0.25, 0.3) is 0 Å². The van der Waals surface area contributed by atoms with Crippen molar-refractivity contribution in [2.75, 3.05) is 6.61 Å². The zero-order valence-corrected chi connectivity index (χ0v) is 7.13. The quantitative estimate of drug-likeness (QED) is 0.466.